The third kappa shape index (κ3) is 6.37. The molecule has 0 aliphatic carbocycles. The Bertz CT molecular complexity index is 1880. The molecule has 0 fully saturated rings. The normalized spacial score (nSPS) is 12.3. The smallest absolute Gasteiger partial charge is 0.345 e. The van der Waals surface area contributed by atoms with Crippen LogP contribution in [0.4, 0.5) is 0 Å². The Morgan fingerprint density at radius 3 is 1.69 bits per heavy atom. The molecule has 4 aromatic rings. The average Bonchev–Trinajstić information content (AvgIpc) is 3.27. The molecule has 0 spiro atoms. The molecular weight excluding hydrogens is 733 g/mol. The van der Waals surface area contributed by atoms with Gasteiger partial charge in [-0.3, -0.25) is 19.2 Å². The molecule has 1 heterocycles. The summed E-state index contributed by atoms with van der Waals surface area (Å²) in [5.41, 5.74) is -0.641. The standard InChI is InChI=1S/C30H13Cl7N2O6/c31-15-5-1-14(2-6-15)27(41)38(39-28(42)21-22(29(39)43)24(35)26(37)25(36)23(21)34)12-20(40)13-3-8-17(9-4-13)45-30(44)18-10-7-16(32)11-19(18)33/h1-11H,12H2. The van der Waals surface area contributed by atoms with Crippen LogP contribution in [0.3, 0.4) is 0 Å². The van der Waals surface area contributed by atoms with E-state index in [9.17, 15) is 24.0 Å². The van der Waals surface area contributed by atoms with Crippen molar-refractivity contribution in [3.8, 4) is 5.75 Å². The first-order valence-corrected chi connectivity index (χ1v) is 15.1. The van der Waals surface area contributed by atoms with Gasteiger partial charge in [0.05, 0.1) is 41.8 Å². The third-order valence-electron chi connectivity index (χ3n) is 6.48. The lowest BCUT2D eigenvalue weighted by Crippen LogP contribution is -2.51. The van der Waals surface area contributed by atoms with Gasteiger partial charge in [-0.15, -0.1) is 0 Å². The Morgan fingerprint density at radius 2 is 1.16 bits per heavy atom. The fourth-order valence-corrected chi connectivity index (χ4v) is 5.91. The second-order valence-corrected chi connectivity index (χ2v) is 12.1. The number of imide groups is 1. The van der Waals surface area contributed by atoms with E-state index in [1.807, 2.05) is 0 Å². The van der Waals surface area contributed by atoms with Crippen LogP contribution in [-0.4, -0.2) is 46.0 Å². The number of ketones is 1. The van der Waals surface area contributed by atoms with Crippen molar-refractivity contribution in [1.82, 2.24) is 10.0 Å². The highest BCUT2D eigenvalue weighted by Gasteiger charge is 2.46. The topological polar surface area (TPSA) is 101 Å². The van der Waals surface area contributed by atoms with Gasteiger partial charge in [0.1, 0.15) is 12.3 Å². The molecule has 1 aliphatic heterocycles. The van der Waals surface area contributed by atoms with Crippen LogP contribution in [0.1, 0.15) is 51.8 Å². The highest BCUT2D eigenvalue weighted by molar-refractivity contribution is 6.55. The number of ether oxygens (including phenoxy) is 1. The Balaban J connectivity index is 1.45. The number of benzene rings is 4. The van der Waals surface area contributed by atoms with Crippen molar-refractivity contribution >= 4 is 111 Å². The summed E-state index contributed by atoms with van der Waals surface area (Å²) in [6.07, 6.45) is 0. The molecular formula is C30H13Cl7N2O6. The van der Waals surface area contributed by atoms with Crippen LogP contribution in [-0.2, 0) is 0 Å². The minimum absolute atomic E-state index is 0.000125. The number of amides is 3. The van der Waals surface area contributed by atoms with Crippen molar-refractivity contribution in [3.63, 3.8) is 0 Å². The predicted octanol–water partition coefficient (Wildman–Crippen LogP) is 9.02. The van der Waals surface area contributed by atoms with Gasteiger partial charge in [0.15, 0.2) is 5.78 Å². The van der Waals surface area contributed by atoms with Crippen molar-refractivity contribution < 1.29 is 28.7 Å². The quantitative estimate of drug-likeness (QED) is 0.0468. The number of hydrogen-bond donors (Lipinski definition) is 0. The van der Waals surface area contributed by atoms with Gasteiger partial charge >= 0.3 is 5.97 Å². The molecule has 1 aliphatic rings. The van der Waals surface area contributed by atoms with Crippen LogP contribution in [0.2, 0.25) is 35.2 Å². The lowest BCUT2D eigenvalue weighted by atomic mass is 10.1. The van der Waals surface area contributed by atoms with Crippen molar-refractivity contribution in [3.05, 3.63) is 130 Å². The van der Waals surface area contributed by atoms with Gasteiger partial charge in [0.25, 0.3) is 17.7 Å². The number of carbonyl (C=O) groups excluding carboxylic acids is 5. The molecule has 0 unspecified atom stereocenters. The number of hydrogen-bond acceptors (Lipinski definition) is 6. The van der Waals surface area contributed by atoms with Gasteiger partial charge in [0, 0.05) is 21.2 Å². The van der Waals surface area contributed by atoms with Crippen LogP contribution in [0.5, 0.6) is 5.75 Å². The summed E-state index contributed by atoms with van der Waals surface area (Å²) in [4.78, 5) is 66.9. The van der Waals surface area contributed by atoms with Crippen molar-refractivity contribution in [2.24, 2.45) is 0 Å². The molecule has 0 bridgehead atoms. The van der Waals surface area contributed by atoms with Crippen molar-refractivity contribution in [1.29, 1.82) is 0 Å². The van der Waals surface area contributed by atoms with Gasteiger partial charge in [-0.25, -0.2) is 9.80 Å². The van der Waals surface area contributed by atoms with E-state index in [4.69, 9.17) is 85.9 Å². The number of rotatable bonds is 7. The van der Waals surface area contributed by atoms with Crippen LogP contribution >= 0.6 is 81.2 Å². The van der Waals surface area contributed by atoms with E-state index >= 15 is 0 Å². The zero-order valence-electron chi connectivity index (χ0n) is 22.0. The molecule has 45 heavy (non-hydrogen) atoms. The summed E-state index contributed by atoms with van der Waals surface area (Å²) in [7, 11) is 0. The molecule has 0 radical (unpaired) electrons. The number of esters is 1. The molecule has 8 nitrogen and oxygen atoms in total. The van der Waals surface area contributed by atoms with E-state index in [-0.39, 0.29) is 58.7 Å². The Hall–Kier alpha value is -3.34. The average molecular weight is 746 g/mol. The lowest BCUT2D eigenvalue weighted by Gasteiger charge is -2.29. The summed E-state index contributed by atoms with van der Waals surface area (Å²) in [5, 5.41) is 0.614. The van der Waals surface area contributed by atoms with E-state index in [2.05, 4.69) is 0 Å². The molecule has 0 atom stereocenters. The van der Waals surface area contributed by atoms with E-state index in [0.717, 1.165) is 0 Å². The largest absolute Gasteiger partial charge is 0.423 e. The van der Waals surface area contributed by atoms with Crippen LogP contribution in [0.15, 0.2) is 66.7 Å². The number of carbonyl (C=O) groups is 5. The molecule has 0 aromatic heterocycles. The van der Waals surface area contributed by atoms with Crippen LogP contribution in [0, 0.1) is 0 Å². The number of hydrazine groups is 1. The summed E-state index contributed by atoms with van der Waals surface area (Å²) in [6.45, 7) is -0.789. The molecule has 3 amide bonds. The molecule has 5 rings (SSSR count). The Kier molecular flexibility index (Phi) is 9.68. The second kappa shape index (κ2) is 13.2. The van der Waals surface area contributed by atoms with Gasteiger partial charge in [-0.2, -0.15) is 5.01 Å². The molecule has 15 heteroatoms. The number of nitrogens with zero attached hydrogens (tertiary/aromatic N) is 2. The molecule has 228 valence electrons. The predicted molar refractivity (Wildman–Crippen MR) is 172 cm³/mol. The van der Waals surface area contributed by atoms with Crippen molar-refractivity contribution in [2.75, 3.05) is 6.54 Å². The fourth-order valence-electron chi connectivity index (χ4n) is 4.28. The van der Waals surface area contributed by atoms with Gasteiger partial charge in [0.2, 0.25) is 0 Å². The van der Waals surface area contributed by atoms with E-state index < -0.39 is 36.0 Å². The maximum atomic E-state index is 13.7. The SMILES string of the molecule is O=C(CN(C(=O)c1ccc(Cl)cc1)N1C(=O)c2c(Cl)c(Cl)c(Cl)c(Cl)c2C1=O)c1ccc(OC(=O)c2ccc(Cl)cc2Cl)cc1. The Labute approximate surface area is 289 Å². The highest BCUT2D eigenvalue weighted by Crippen LogP contribution is 2.45. The monoisotopic (exact) mass is 742 g/mol. The van der Waals surface area contributed by atoms with Crippen LogP contribution < -0.4 is 4.74 Å². The Morgan fingerprint density at radius 1 is 0.644 bits per heavy atom. The van der Waals surface area contributed by atoms with Gasteiger partial charge < -0.3 is 4.74 Å². The molecule has 4 aromatic carbocycles. The summed E-state index contributed by atoms with van der Waals surface area (Å²) in [6, 6.07) is 15.1. The second-order valence-electron chi connectivity index (χ2n) is 9.26. The number of halogens is 7. The molecule has 0 N–H and O–H groups in total. The number of fused-ring (bicyclic) bond motifs is 1. The molecule has 0 saturated heterocycles. The van der Waals surface area contributed by atoms with E-state index in [0.29, 0.717) is 20.1 Å². The van der Waals surface area contributed by atoms with Crippen LogP contribution in [0.25, 0.3) is 0 Å². The zero-order valence-corrected chi connectivity index (χ0v) is 27.3. The first kappa shape index (κ1) is 33.0. The maximum Gasteiger partial charge on any atom is 0.345 e. The fraction of sp³-hybridized carbons (Fsp3) is 0.0333. The lowest BCUT2D eigenvalue weighted by molar-refractivity contribution is 0.00532. The minimum atomic E-state index is -1.06. The van der Waals surface area contributed by atoms with E-state index in [1.165, 1.54) is 66.7 Å². The van der Waals surface area contributed by atoms with E-state index in [1.54, 1.807) is 0 Å². The van der Waals surface area contributed by atoms with Gasteiger partial charge in [-0.05, 0) is 66.7 Å². The van der Waals surface area contributed by atoms with Crippen molar-refractivity contribution in [2.45, 2.75) is 0 Å². The highest BCUT2D eigenvalue weighted by atomic mass is 35.5. The first-order valence-electron chi connectivity index (χ1n) is 12.4. The third-order valence-corrected chi connectivity index (χ3v) is 9.08. The minimum Gasteiger partial charge on any atom is -0.423 e. The summed E-state index contributed by atoms with van der Waals surface area (Å²) >= 11 is 42.7. The maximum absolute atomic E-state index is 13.7. The zero-order chi connectivity index (χ0) is 32.7. The number of Topliss-reactive ketones (excluding diaryl/α,β-unsaturated/α-hetero) is 1. The molecule has 0 saturated carbocycles. The van der Waals surface area contributed by atoms with Gasteiger partial charge in [-0.1, -0.05) is 81.2 Å². The summed E-state index contributed by atoms with van der Waals surface area (Å²) < 4.78 is 5.33. The first-order chi connectivity index (χ1) is 21.3. The summed E-state index contributed by atoms with van der Waals surface area (Å²) in [5.74, 6) is -4.39.